The molecule has 0 spiro atoms. The van der Waals surface area contributed by atoms with Crippen LogP contribution in [0.2, 0.25) is 0 Å². The minimum absolute atomic E-state index is 0. The van der Waals surface area contributed by atoms with Gasteiger partial charge in [-0.25, -0.2) is 0 Å². The molecule has 0 aromatic carbocycles. The minimum atomic E-state index is -1.54. The van der Waals surface area contributed by atoms with Crippen LogP contribution in [0.3, 0.4) is 0 Å². The van der Waals surface area contributed by atoms with Gasteiger partial charge in [-0.1, -0.05) is 11.6 Å². The maximum Gasteiger partial charge on any atom is 0.150 e. The molecular weight excluding hydrogens is 382 g/mol. The van der Waals surface area contributed by atoms with Crippen molar-refractivity contribution in [1.82, 2.24) is 0 Å². The van der Waals surface area contributed by atoms with Gasteiger partial charge in [-0.3, -0.25) is 0 Å². The van der Waals surface area contributed by atoms with Crippen molar-refractivity contribution in [2.24, 2.45) is 11.5 Å². The van der Waals surface area contributed by atoms with Crippen molar-refractivity contribution in [3.63, 3.8) is 0 Å². The van der Waals surface area contributed by atoms with E-state index in [1.807, 2.05) is 0 Å². The number of nitrogens with two attached hydrogens (primary N) is 2. The predicted molar refractivity (Wildman–Crippen MR) is 45.4 cm³/mol. The van der Waals surface area contributed by atoms with Gasteiger partial charge in [0.25, 0.3) is 0 Å². The molecule has 1 fully saturated rings. The summed E-state index contributed by atoms with van der Waals surface area (Å²) in [6.07, 6.45) is 1.85. The Kier molecular flexibility index (Phi) is 4.51. The van der Waals surface area contributed by atoms with Crippen LogP contribution in [-0.2, 0) is 21.1 Å². The molecule has 1 aliphatic carbocycles. The molecule has 0 bridgehead atoms. The molecule has 0 aromatic rings. The zero-order valence-electron chi connectivity index (χ0n) is 6.37. The molecule has 5 N–H and O–H groups in total. The van der Waals surface area contributed by atoms with Gasteiger partial charge < -0.3 is 16.6 Å². The fourth-order valence-electron chi connectivity index (χ4n) is 1.22. The van der Waals surface area contributed by atoms with E-state index < -0.39 is 16.1 Å². The Hall–Kier alpha value is 1.15. The van der Waals surface area contributed by atoms with Crippen LogP contribution in [0, 0.1) is 0 Å². The molecule has 1 saturated carbocycles. The average Bonchev–Trinajstić information content (AvgIpc) is 1.84. The number of hydrogen-bond acceptors (Lipinski definition) is 3. The smallest absolute Gasteiger partial charge is 0.150 e. The second kappa shape index (κ2) is 4.12. The summed E-state index contributed by atoms with van der Waals surface area (Å²) >= 11 is 11.6. The zero-order chi connectivity index (χ0) is 8.70. The van der Waals surface area contributed by atoms with E-state index >= 15 is 0 Å². The molecule has 1 rings (SSSR count). The van der Waals surface area contributed by atoms with E-state index in [9.17, 15) is 5.11 Å². The summed E-state index contributed by atoms with van der Waals surface area (Å²) in [6.45, 7) is 0. The second-order valence-electron chi connectivity index (χ2n) is 3.05. The van der Waals surface area contributed by atoms with E-state index in [4.69, 9.17) is 34.7 Å². The van der Waals surface area contributed by atoms with E-state index in [1.165, 1.54) is 0 Å². The fraction of sp³-hybridized carbons (Fsp3) is 1.00. The topological polar surface area (TPSA) is 72.3 Å². The summed E-state index contributed by atoms with van der Waals surface area (Å²) in [4.78, 5) is -1.40. The van der Waals surface area contributed by atoms with Gasteiger partial charge in [0.15, 0.2) is 0 Å². The zero-order valence-corrected chi connectivity index (χ0v) is 10.2. The Morgan fingerprint density at radius 1 is 1.42 bits per heavy atom. The molecule has 0 heterocycles. The van der Waals surface area contributed by atoms with Crippen molar-refractivity contribution in [2.45, 2.75) is 35.4 Å². The van der Waals surface area contributed by atoms with Crippen LogP contribution < -0.4 is 11.5 Å². The third-order valence-corrected chi connectivity index (χ3v) is 3.40. The van der Waals surface area contributed by atoms with Crippen LogP contribution >= 0.6 is 23.2 Å². The third-order valence-electron chi connectivity index (χ3n) is 2.13. The molecule has 76 valence electrons. The van der Waals surface area contributed by atoms with Crippen molar-refractivity contribution >= 4 is 23.2 Å². The Balaban J connectivity index is 0.00000121. The Morgan fingerprint density at radius 2 is 1.92 bits per heavy atom. The number of rotatable bonds is 0. The molecule has 0 amide bonds. The van der Waals surface area contributed by atoms with E-state index in [1.54, 1.807) is 0 Å². The molecule has 0 aromatic heterocycles. The van der Waals surface area contributed by atoms with Crippen LogP contribution in [-0.4, -0.2) is 21.2 Å². The van der Waals surface area contributed by atoms with Crippen molar-refractivity contribution in [1.29, 1.82) is 0 Å². The first-order chi connectivity index (χ1) is 4.88. The van der Waals surface area contributed by atoms with E-state index in [2.05, 4.69) is 0 Å². The number of aliphatic hydroxyl groups is 1. The Bertz CT molecular complexity index is 166. The number of hydrogen-bond donors (Lipinski definition) is 3. The van der Waals surface area contributed by atoms with Crippen LogP contribution in [0.4, 0.5) is 0 Å². The van der Waals surface area contributed by atoms with Crippen LogP contribution in [0.5, 0.6) is 0 Å². The molecule has 6 heteroatoms. The van der Waals surface area contributed by atoms with E-state index in [-0.39, 0.29) is 21.1 Å². The molecule has 1 aliphatic rings. The van der Waals surface area contributed by atoms with Crippen molar-refractivity contribution in [3.8, 4) is 0 Å². The van der Waals surface area contributed by atoms with E-state index in [0.29, 0.717) is 12.8 Å². The molecule has 0 radical (unpaired) electrons. The summed E-state index contributed by atoms with van der Waals surface area (Å²) < 4.78 is 0. The summed E-state index contributed by atoms with van der Waals surface area (Å²) in [5.74, 6) is 0. The van der Waals surface area contributed by atoms with Gasteiger partial charge in [-0.2, -0.15) is 0 Å². The minimum Gasteiger partial charge on any atom is -0.373 e. The van der Waals surface area contributed by atoms with Gasteiger partial charge >= 0.3 is 0 Å². The second-order valence-corrected chi connectivity index (χ2v) is 4.20. The summed E-state index contributed by atoms with van der Waals surface area (Å²) in [6, 6.07) is 0. The first-order valence-electron chi connectivity index (χ1n) is 3.51. The average molecular weight is 394 g/mol. The molecule has 3 nitrogen and oxygen atoms in total. The van der Waals surface area contributed by atoms with Crippen molar-refractivity contribution < 1.29 is 26.2 Å². The fourth-order valence-corrected chi connectivity index (χ4v) is 1.77. The monoisotopic (exact) mass is 393 g/mol. The third kappa shape index (κ3) is 2.14. The molecular formula is C6H12Cl2N2OPt. The maximum atomic E-state index is 9.51. The number of halogens is 2. The van der Waals surface area contributed by atoms with Gasteiger partial charge in [0.2, 0.25) is 0 Å². The normalized spacial score (nSPS) is 48.2. The van der Waals surface area contributed by atoms with Gasteiger partial charge in [-0.15, -0.1) is 11.6 Å². The molecule has 0 aliphatic heterocycles. The number of alkyl halides is 2. The first kappa shape index (κ1) is 13.1. The van der Waals surface area contributed by atoms with E-state index in [0.717, 1.165) is 6.42 Å². The van der Waals surface area contributed by atoms with Crippen LogP contribution in [0.1, 0.15) is 19.3 Å². The quantitative estimate of drug-likeness (QED) is 0.315. The van der Waals surface area contributed by atoms with Gasteiger partial charge in [0, 0.05) is 21.1 Å². The largest absolute Gasteiger partial charge is 0.373 e. The Morgan fingerprint density at radius 3 is 2.25 bits per heavy atom. The van der Waals surface area contributed by atoms with Gasteiger partial charge in [0.05, 0.1) is 5.38 Å². The standard InChI is InChI=1S/C6H12Cl2N2O.Pt/c7-4-2-1-3-5(9,11)6(4,8)10;/h4,11H,1-3,9-10H2;/t4?,5-,6+;/m1./s1. The van der Waals surface area contributed by atoms with Crippen LogP contribution in [0.15, 0.2) is 0 Å². The maximum absolute atomic E-state index is 9.51. The molecule has 0 saturated heterocycles. The van der Waals surface area contributed by atoms with Gasteiger partial charge in [-0.05, 0) is 19.3 Å². The van der Waals surface area contributed by atoms with Crippen molar-refractivity contribution in [2.75, 3.05) is 0 Å². The van der Waals surface area contributed by atoms with Crippen LogP contribution in [0.25, 0.3) is 0 Å². The molecule has 12 heavy (non-hydrogen) atoms. The van der Waals surface area contributed by atoms with Crippen molar-refractivity contribution in [3.05, 3.63) is 0 Å². The van der Waals surface area contributed by atoms with Gasteiger partial charge in [0.1, 0.15) is 10.7 Å². The SMILES string of the molecule is N[C@@]1(O)CCCC(Cl)[C@@]1(N)Cl.[Pt]. The molecule has 1 unspecified atom stereocenters. The summed E-state index contributed by atoms with van der Waals surface area (Å²) in [7, 11) is 0. The molecule has 3 atom stereocenters. The predicted octanol–water partition coefficient (Wildman–Crippen LogP) is 0.316. The first-order valence-corrected chi connectivity index (χ1v) is 4.32. The summed E-state index contributed by atoms with van der Waals surface area (Å²) in [5, 5.41) is 9.04. The Labute approximate surface area is 96.0 Å². The summed E-state index contributed by atoms with van der Waals surface area (Å²) in [5.41, 5.74) is 9.48.